The Bertz CT molecular complexity index is 749. The highest BCUT2D eigenvalue weighted by Gasteiger charge is 2.13. The van der Waals surface area contributed by atoms with Gasteiger partial charge in [0.05, 0.1) is 11.5 Å². The summed E-state index contributed by atoms with van der Waals surface area (Å²) in [6.45, 7) is 2.68. The van der Waals surface area contributed by atoms with E-state index >= 15 is 0 Å². The van der Waals surface area contributed by atoms with E-state index in [1.54, 1.807) is 30.3 Å². The highest BCUT2D eigenvalue weighted by Crippen LogP contribution is 2.17. The second-order valence-corrected chi connectivity index (χ2v) is 7.82. The molecular weight excluding hydrogens is 349 g/mol. The molecule has 24 heavy (non-hydrogen) atoms. The molecule has 0 radical (unpaired) electrons. The van der Waals surface area contributed by atoms with Gasteiger partial charge in [0, 0.05) is 18.1 Å². The van der Waals surface area contributed by atoms with Crippen molar-refractivity contribution in [3.8, 4) is 5.75 Å². The lowest BCUT2D eigenvalue weighted by atomic mass is 10.2. The maximum absolute atomic E-state index is 13.5. The highest BCUT2D eigenvalue weighted by atomic mass is 32.2. The van der Waals surface area contributed by atoms with E-state index in [4.69, 9.17) is 4.74 Å². The van der Waals surface area contributed by atoms with Crippen LogP contribution >= 0.6 is 11.8 Å². The lowest BCUT2D eigenvalue weighted by molar-refractivity contribution is 0.340. The molecule has 0 bridgehead atoms. The molecule has 0 aliphatic heterocycles. The molecule has 2 rings (SSSR count). The minimum absolute atomic E-state index is 0.199. The second kappa shape index (κ2) is 9.05. The molecule has 0 heterocycles. The van der Waals surface area contributed by atoms with E-state index in [0.717, 1.165) is 0 Å². The van der Waals surface area contributed by atoms with Gasteiger partial charge in [-0.2, -0.15) is 11.8 Å². The van der Waals surface area contributed by atoms with Gasteiger partial charge in [-0.1, -0.05) is 18.2 Å². The molecule has 0 aliphatic rings. The zero-order valence-corrected chi connectivity index (χ0v) is 15.0. The molecule has 0 aliphatic carbocycles. The molecule has 0 atom stereocenters. The first kappa shape index (κ1) is 18.8. The minimum atomic E-state index is -3.54. The molecular formula is C17H20FNO3S2. The van der Waals surface area contributed by atoms with Crippen LogP contribution in [0.25, 0.3) is 0 Å². The predicted octanol–water partition coefficient (Wildman–Crippen LogP) is 3.44. The maximum Gasteiger partial charge on any atom is 0.240 e. The quantitative estimate of drug-likeness (QED) is 0.688. The van der Waals surface area contributed by atoms with Gasteiger partial charge in [-0.3, -0.25) is 0 Å². The van der Waals surface area contributed by atoms with Gasteiger partial charge in [0.15, 0.2) is 0 Å². The number of benzene rings is 2. The van der Waals surface area contributed by atoms with Crippen LogP contribution in [-0.2, 0) is 15.8 Å². The van der Waals surface area contributed by atoms with Crippen molar-refractivity contribution in [3.63, 3.8) is 0 Å². The number of hydrogen-bond donors (Lipinski definition) is 1. The molecule has 0 unspecified atom stereocenters. The molecule has 0 saturated carbocycles. The summed E-state index contributed by atoms with van der Waals surface area (Å²) < 4.78 is 45.6. The van der Waals surface area contributed by atoms with Crippen LogP contribution in [0.15, 0.2) is 53.4 Å². The number of halogens is 1. The predicted molar refractivity (Wildman–Crippen MR) is 95.4 cm³/mol. The first-order valence-corrected chi connectivity index (χ1v) is 10.2. The lowest BCUT2D eigenvalue weighted by Gasteiger charge is -2.08. The first-order valence-electron chi connectivity index (χ1n) is 7.56. The Hall–Kier alpha value is -1.57. The largest absolute Gasteiger partial charge is 0.494 e. The van der Waals surface area contributed by atoms with Gasteiger partial charge in [0.2, 0.25) is 10.0 Å². The van der Waals surface area contributed by atoms with Crippen molar-refractivity contribution in [2.24, 2.45) is 0 Å². The summed E-state index contributed by atoms with van der Waals surface area (Å²) in [6, 6.07) is 12.9. The zero-order valence-electron chi connectivity index (χ0n) is 13.4. The van der Waals surface area contributed by atoms with E-state index in [9.17, 15) is 12.8 Å². The van der Waals surface area contributed by atoms with Crippen molar-refractivity contribution >= 4 is 21.8 Å². The fourth-order valence-electron chi connectivity index (χ4n) is 2.01. The summed E-state index contributed by atoms with van der Waals surface area (Å²) in [4.78, 5) is 0.199. The number of thioether (sulfide) groups is 1. The van der Waals surface area contributed by atoms with Crippen LogP contribution < -0.4 is 9.46 Å². The number of sulfonamides is 1. The number of nitrogens with one attached hydrogen (secondary N) is 1. The Morgan fingerprint density at radius 3 is 2.50 bits per heavy atom. The van der Waals surface area contributed by atoms with Crippen LogP contribution in [0.3, 0.4) is 0 Å². The Balaban J connectivity index is 1.79. The molecule has 0 amide bonds. The summed E-state index contributed by atoms with van der Waals surface area (Å²) in [6.07, 6.45) is 0. The van der Waals surface area contributed by atoms with Gasteiger partial charge >= 0.3 is 0 Å². The normalized spacial score (nSPS) is 11.4. The van der Waals surface area contributed by atoms with Crippen molar-refractivity contribution in [2.45, 2.75) is 17.6 Å². The average Bonchev–Trinajstić information content (AvgIpc) is 2.57. The van der Waals surface area contributed by atoms with E-state index in [0.29, 0.717) is 29.4 Å². The minimum Gasteiger partial charge on any atom is -0.494 e. The molecule has 7 heteroatoms. The van der Waals surface area contributed by atoms with Crippen LogP contribution in [-0.4, -0.2) is 27.3 Å². The summed E-state index contributed by atoms with van der Waals surface area (Å²) in [5.41, 5.74) is 0.622. The van der Waals surface area contributed by atoms with Crippen molar-refractivity contribution in [2.75, 3.05) is 18.9 Å². The van der Waals surface area contributed by atoms with Crippen molar-refractivity contribution in [3.05, 3.63) is 59.9 Å². The zero-order chi connectivity index (χ0) is 17.4. The summed E-state index contributed by atoms with van der Waals surface area (Å²) in [5, 5.41) is 0. The first-order chi connectivity index (χ1) is 11.5. The van der Waals surface area contributed by atoms with Crippen molar-refractivity contribution < 1.29 is 17.5 Å². The van der Waals surface area contributed by atoms with E-state index in [2.05, 4.69) is 4.72 Å². The topological polar surface area (TPSA) is 55.4 Å². The summed E-state index contributed by atoms with van der Waals surface area (Å²) >= 11 is 1.48. The van der Waals surface area contributed by atoms with Gasteiger partial charge in [0.25, 0.3) is 0 Å². The number of rotatable bonds is 9. The van der Waals surface area contributed by atoms with Gasteiger partial charge in [-0.25, -0.2) is 17.5 Å². The van der Waals surface area contributed by atoms with E-state index in [-0.39, 0.29) is 17.3 Å². The smallest absolute Gasteiger partial charge is 0.240 e. The van der Waals surface area contributed by atoms with Gasteiger partial charge in [-0.05, 0) is 42.8 Å². The van der Waals surface area contributed by atoms with Crippen LogP contribution in [0.1, 0.15) is 12.5 Å². The van der Waals surface area contributed by atoms with Crippen LogP contribution in [0.4, 0.5) is 4.39 Å². The Morgan fingerprint density at radius 2 is 1.83 bits per heavy atom. The van der Waals surface area contributed by atoms with E-state index in [1.165, 1.54) is 30.0 Å². The molecule has 0 aromatic heterocycles. The highest BCUT2D eigenvalue weighted by molar-refractivity contribution is 7.98. The maximum atomic E-state index is 13.5. The van der Waals surface area contributed by atoms with Gasteiger partial charge in [0.1, 0.15) is 11.6 Å². The number of ether oxygens (including phenoxy) is 1. The van der Waals surface area contributed by atoms with E-state index < -0.39 is 10.0 Å². The molecule has 1 N–H and O–H groups in total. The van der Waals surface area contributed by atoms with Crippen LogP contribution in [0, 0.1) is 5.82 Å². The number of hydrogen-bond acceptors (Lipinski definition) is 4. The molecule has 2 aromatic carbocycles. The van der Waals surface area contributed by atoms with Gasteiger partial charge in [-0.15, -0.1) is 0 Å². The Morgan fingerprint density at radius 1 is 1.12 bits per heavy atom. The molecule has 0 saturated heterocycles. The molecule has 0 fully saturated rings. The third-order valence-corrected chi connectivity index (χ3v) is 5.68. The third-order valence-electron chi connectivity index (χ3n) is 3.20. The SMILES string of the molecule is CCOc1ccc(S(=O)(=O)NCCSCc2ccccc2F)cc1. The Kier molecular flexibility index (Phi) is 7.08. The van der Waals surface area contributed by atoms with E-state index in [1.807, 2.05) is 6.92 Å². The van der Waals surface area contributed by atoms with Crippen molar-refractivity contribution in [1.29, 1.82) is 0 Å². The fourth-order valence-corrected chi connectivity index (χ4v) is 4.02. The van der Waals surface area contributed by atoms with Crippen LogP contribution in [0.5, 0.6) is 5.75 Å². The monoisotopic (exact) mass is 369 g/mol. The molecule has 0 spiro atoms. The standard InChI is InChI=1S/C17H20FNO3S2/c1-2-22-15-7-9-16(10-8-15)24(20,21)19-11-12-23-13-14-5-3-4-6-17(14)18/h3-10,19H,2,11-13H2,1H3. The lowest BCUT2D eigenvalue weighted by Crippen LogP contribution is -2.26. The van der Waals surface area contributed by atoms with Crippen LogP contribution in [0.2, 0.25) is 0 Å². The fraction of sp³-hybridized carbons (Fsp3) is 0.294. The van der Waals surface area contributed by atoms with Crippen molar-refractivity contribution in [1.82, 2.24) is 4.72 Å². The average molecular weight is 369 g/mol. The van der Waals surface area contributed by atoms with Gasteiger partial charge < -0.3 is 4.74 Å². The summed E-state index contributed by atoms with van der Waals surface area (Å²) in [5.74, 6) is 1.47. The molecule has 130 valence electrons. The molecule has 2 aromatic rings. The second-order valence-electron chi connectivity index (χ2n) is 4.95. The Labute approximate surface area is 146 Å². The third kappa shape index (κ3) is 5.51. The summed E-state index contributed by atoms with van der Waals surface area (Å²) in [7, 11) is -3.54. The molecule has 4 nitrogen and oxygen atoms in total.